The molecule has 1 heterocycles. The summed E-state index contributed by atoms with van der Waals surface area (Å²) in [6.45, 7) is 8.81. The highest BCUT2D eigenvalue weighted by Crippen LogP contribution is 2.24. The molecule has 92 valence electrons. The van der Waals surface area contributed by atoms with Crippen molar-refractivity contribution in [2.24, 2.45) is 5.92 Å². The largest absolute Gasteiger partial charge is 0.395 e. The summed E-state index contributed by atoms with van der Waals surface area (Å²) in [5.41, 5.74) is 0. The first-order valence-corrected chi connectivity index (χ1v) is 6.85. The van der Waals surface area contributed by atoms with E-state index < -0.39 is 0 Å². The predicted molar refractivity (Wildman–Crippen MR) is 71.0 cm³/mol. The minimum atomic E-state index is 0.183. The fourth-order valence-corrected chi connectivity index (χ4v) is 2.64. The van der Waals surface area contributed by atoms with Crippen LogP contribution in [0, 0.1) is 5.92 Å². The summed E-state index contributed by atoms with van der Waals surface area (Å²) in [6, 6.07) is 4.89. The highest BCUT2D eigenvalue weighted by atomic mass is 32.1. The zero-order valence-corrected chi connectivity index (χ0v) is 11.5. The highest BCUT2D eigenvalue weighted by molar-refractivity contribution is 7.12. The standard InChI is InChI=1S/C13H23NOS/c1-5-11-6-7-13(16-11)10(4)14-12(8-15)9(2)3/h6-7,9-10,12,14-15H,5,8H2,1-4H3. The van der Waals surface area contributed by atoms with E-state index in [1.54, 1.807) is 0 Å². The van der Waals surface area contributed by atoms with Gasteiger partial charge in [-0.2, -0.15) is 0 Å². The normalized spacial score (nSPS) is 15.4. The van der Waals surface area contributed by atoms with Crippen LogP contribution in [0.15, 0.2) is 12.1 Å². The van der Waals surface area contributed by atoms with E-state index in [9.17, 15) is 5.11 Å². The van der Waals surface area contributed by atoms with Crippen molar-refractivity contribution in [1.82, 2.24) is 5.32 Å². The SMILES string of the molecule is CCc1ccc(C(C)NC(CO)C(C)C)s1. The molecule has 0 saturated heterocycles. The monoisotopic (exact) mass is 241 g/mol. The second kappa shape index (κ2) is 6.38. The molecule has 0 saturated carbocycles. The Kier molecular flexibility index (Phi) is 5.46. The number of aliphatic hydroxyl groups excluding tert-OH is 1. The maximum absolute atomic E-state index is 9.28. The van der Waals surface area contributed by atoms with Crippen LogP contribution < -0.4 is 5.32 Å². The van der Waals surface area contributed by atoms with Crippen LogP contribution in [-0.2, 0) is 6.42 Å². The number of aliphatic hydroxyl groups is 1. The van der Waals surface area contributed by atoms with Crippen LogP contribution in [0.1, 0.15) is 43.5 Å². The van der Waals surface area contributed by atoms with E-state index in [0.717, 1.165) is 6.42 Å². The number of hydrogen-bond acceptors (Lipinski definition) is 3. The Morgan fingerprint density at radius 1 is 1.31 bits per heavy atom. The van der Waals surface area contributed by atoms with Crippen molar-refractivity contribution < 1.29 is 5.11 Å². The lowest BCUT2D eigenvalue weighted by Crippen LogP contribution is -2.38. The second-order valence-corrected chi connectivity index (χ2v) is 5.78. The van der Waals surface area contributed by atoms with Gasteiger partial charge in [-0.05, 0) is 31.4 Å². The number of hydrogen-bond donors (Lipinski definition) is 2. The van der Waals surface area contributed by atoms with Gasteiger partial charge in [0.05, 0.1) is 6.61 Å². The Morgan fingerprint density at radius 3 is 2.44 bits per heavy atom. The molecule has 1 rings (SSSR count). The third-order valence-corrected chi connectivity index (χ3v) is 4.34. The highest BCUT2D eigenvalue weighted by Gasteiger charge is 2.16. The molecule has 0 aliphatic carbocycles. The lowest BCUT2D eigenvalue weighted by atomic mass is 10.0. The smallest absolute Gasteiger partial charge is 0.0587 e. The molecule has 2 N–H and O–H groups in total. The number of thiophene rings is 1. The molecule has 2 atom stereocenters. The first-order valence-electron chi connectivity index (χ1n) is 6.04. The Bertz CT molecular complexity index is 309. The quantitative estimate of drug-likeness (QED) is 0.802. The van der Waals surface area contributed by atoms with Gasteiger partial charge in [-0.1, -0.05) is 20.8 Å². The number of nitrogens with one attached hydrogen (secondary N) is 1. The summed E-state index contributed by atoms with van der Waals surface area (Å²) >= 11 is 1.86. The third kappa shape index (κ3) is 3.58. The van der Waals surface area contributed by atoms with Crippen LogP contribution in [0.3, 0.4) is 0 Å². The zero-order chi connectivity index (χ0) is 12.1. The predicted octanol–water partition coefficient (Wildman–Crippen LogP) is 2.98. The van der Waals surface area contributed by atoms with Crippen molar-refractivity contribution in [3.63, 3.8) is 0 Å². The Labute approximate surface area is 103 Å². The maximum atomic E-state index is 9.28. The van der Waals surface area contributed by atoms with E-state index in [0.29, 0.717) is 12.0 Å². The average Bonchev–Trinajstić information content (AvgIpc) is 2.73. The van der Waals surface area contributed by atoms with Gasteiger partial charge in [0.15, 0.2) is 0 Å². The summed E-state index contributed by atoms with van der Waals surface area (Å²) in [7, 11) is 0. The van der Waals surface area contributed by atoms with Gasteiger partial charge in [-0.25, -0.2) is 0 Å². The van der Waals surface area contributed by atoms with Gasteiger partial charge in [-0.3, -0.25) is 0 Å². The minimum Gasteiger partial charge on any atom is -0.395 e. The van der Waals surface area contributed by atoms with Crippen LogP contribution in [-0.4, -0.2) is 17.8 Å². The molecule has 2 nitrogen and oxygen atoms in total. The topological polar surface area (TPSA) is 32.3 Å². The average molecular weight is 241 g/mol. The maximum Gasteiger partial charge on any atom is 0.0587 e. The number of aryl methyl sites for hydroxylation is 1. The van der Waals surface area contributed by atoms with Gasteiger partial charge in [-0.15, -0.1) is 11.3 Å². The van der Waals surface area contributed by atoms with Crippen molar-refractivity contribution in [2.45, 2.75) is 46.2 Å². The molecule has 0 amide bonds. The van der Waals surface area contributed by atoms with Gasteiger partial charge < -0.3 is 10.4 Å². The molecule has 0 fully saturated rings. The number of rotatable bonds is 6. The summed E-state index contributed by atoms with van der Waals surface area (Å²) in [4.78, 5) is 2.78. The summed E-state index contributed by atoms with van der Waals surface area (Å²) in [5.74, 6) is 0.457. The van der Waals surface area contributed by atoms with Gasteiger partial charge in [0, 0.05) is 21.8 Å². The van der Waals surface area contributed by atoms with Crippen molar-refractivity contribution in [2.75, 3.05) is 6.61 Å². The molecule has 16 heavy (non-hydrogen) atoms. The molecular weight excluding hydrogens is 218 g/mol. The molecular formula is C13H23NOS. The van der Waals surface area contributed by atoms with Gasteiger partial charge >= 0.3 is 0 Å². The lowest BCUT2D eigenvalue weighted by Gasteiger charge is -2.24. The summed E-state index contributed by atoms with van der Waals surface area (Å²) in [5, 5.41) is 12.8. The molecule has 0 aliphatic rings. The molecule has 3 heteroatoms. The molecule has 0 aromatic carbocycles. The van der Waals surface area contributed by atoms with Crippen molar-refractivity contribution in [3.8, 4) is 0 Å². The van der Waals surface area contributed by atoms with E-state index in [4.69, 9.17) is 0 Å². The zero-order valence-electron chi connectivity index (χ0n) is 10.7. The van der Waals surface area contributed by atoms with Crippen LogP contribution in [0.2, 0.25) is 0 Å². The third-order valence-electron chi connectivity index (χ3n) is 2.92. The Hall–Kier alpha value is -0.380. The Morgan fingerprint density at radius 2 is 2.00 bits per heavy atom. The van der Waals surface area contributed by atoms with Gasteiger partial charge in [0.1, 0.15) is 0 Å². The van der Waals surface area contributed by atoms with Gasteiger partial charge in [0.25, 0.3) is 0 Å². The molecule has 2 unspecified atom stereocenters. The van der Waals surface area contributed by atoms with Crippen LogP contribution in [0.4, 0.5) is 0 Å². The van der Waals surface area contributed by atoms with Crippen LogP contribution in [0.25, 0.3) is 0 Å². The first-order chi connectivity index (χ1) is 7.58. The molecule has 0 spiro atoms. The van der Waals surface area contributed by atoms with E-state index in [1.165, 1.54) is 9.75 Å². The summed E-state index contributed by atoms with van der Waals surface area (Å²) < 4.78 is 0. The molecule has 0 bridgehead atoms. The second-order valence-electron chi connectivity index (χ2n) is 4.58. The van der Waals surface area contributed by atoms with Crippen molar-refractivity contribution in [3.05, 3.63) is 21.9 Å². The van der Waals surface area contributed by atoms with E-state index in [-0.39, 0.29) is 12.6 Å². The summed E-state index contributed by atoms with van der Waals surface area (Å²) in [6.07, 6.45) is 1.10. The van der Waals surface area contributed by atoms with Crippen molar-refractivity contribution in [1.29, 1.82) is 0 Å². The molecule has 1 aromatic rings. The lowest BCUT2D eigenvalue weighted by molar-refractivity contribution is 0.202. The first kappa shape index (κ1) is 13.7. The van der Waals surface area contributed by atoms with Gasteiger partial charge in [0.2, 0.25) is 0 Å². The minimum absolute atomic E-state index is 0.183. The fraction of sp³-hybridized carbons (Fsp3) is 0.692. The van der Waals surface area contributed by atoms with E-state index >= 15 is 0 Å². The van der Waals surface area contributed by atoms with Crippen molar-refractivity contribution >= 4 is 11.3 Å². The Balaban J connectivity index is 2.60. The van der Waals surface area contributed by atoms with E-state index in [2.05, 4.69) is 45.1 Å². The fourth-order valence-electron chi connectivity index (χ4n) is 1.68. The molecule has 1 aromatic heterocycles. The molecule has 0 radical (unpaired) electrons. The van der Waals surface area contributed by atoms with Crippen LogP contribution in [0.5, 0.6) is 0 Å². The molecule has 0 aliphatic heterocycles. The van der Waals surface area contributed by atoms with Crippen LogP contribution >= 0.6 is 11.3 Å². The van der Waals surface area contributed by atoms with E-state index in [1.807, 2.05) is 11.3 Å².